The Morgan fingerprint density at radius 1 is 0.977 bits per heavy atom. The fraction of sp³-hybridized carbons (Fsp3) is 0.300. The standard InChI is InChI=1S/C30H26F4N2O7S/c1-43-24-14-23(31)21(15-5-7-16(8-6-15)29(39)40)13-22(24)27(37)36-26-18-10-9-17(11-18)25(26)28(38)35-19-3-2-4-20(12-19)44(41,42)30(32,33)34/h2-8,12-14,17-18,25-26H,9-11H2,1H3,(H,35,38)(H,36,37)(H,39,40)/t17-,18+,25-,26+/m1/s1. The molecule has 2 aliphatic rings. The number of aromatic carboxylic acids is 1. The van der Waals surface area contributed by atoms with E-state index in [1.807, 2.05) is 0 Å². The summed E-state index contributed by atoms with van der Waals surface area (Å²) in [6.07, 6.45) is 2.03. The molecule has 2 bridgehead atoms. The van der Waals surface area contributed by atoms with Crippen molar-refractivity contribution in [3.63, 3.8) is 0 Å². The van der Waals surface area contributed by atoms with Crippen LogP contribution in [0, 0.1) is 23.6 Å². The molecular formula is C30H26F4N2O7S. The van der Waals surface area contributed by atoms with Crippen molar-refractivity contribution < 1.29 is 50.2 Å². The van der Waals surface area contributed by atoms with Gasteiger partial charge in [-0.3, -0.25) is 9.59 Å². The highest BCUT2D eigenvalue weighted by Gasteiger charge is 2.52. The van der Waals surface area contributed by atoms with Crippen molar-refractivity contribution in [1.29, 1.82) is 0 Å². The van der Waals surface area contributed by atoms with E-state index in [1.165, 1.54) is 43.5 Å². The highest BCUT2D eigenvalue weighted by atomic mass is 32.2. The van der Waals surface area contributed by atoms with Crippen molar-refractivity contribution in [3.8, 4) is 16.9 Å². The zero-order valence-electron chi connectivity index (χ0n) is 23.0. The van der Waals surface area contributed by atoms with E-state index in [4.69, 9.17) is 9.84 Å². The van der Waals surface area contributed by atoms with Crippen molar-refractivity contribution in [2.24, 2.45) is 17.8 Å². The van der Waals surface area contributed by atoms with Gasteiger partial charge >= 0.3 is 11.5 Å². The number of amides is 2. The molecule has 44 heavy (non-hydrogen) atoms. The molecule has 0 heterocycles. The normalized spacial score (nSPS) is 21.1. The maximum absolute atomic E-state index is 15.0. The molecule has 4 atom stereocenters. The number of carboxylic acid groups (broad SMARTS) is 1. The molecule has 2 fully saturated rings. The molecule has 2 aliphatic carbocycles. The molecular weight excluding hydrogens is 608 g/mol. The number of carbonyl (C=O) groups excluding carboxylic acids is 2. The molecule has 232 valence electrons. The molecule has 0 aromatic heterocycles. The molecule has 5 rings (SSSR count). The van der Waals surface area contributed by atoms with E-state index in [1.54, 1.807) is 0 Å². The van der Waals surface area contributed by atoms with Crippen LogP contribution in [0.5, 0.6) is 5.75 Å². The van der Waals surface area contributed by atoms with E-state index < -0.39 is 55.8 Å². The topological polar surface area (TPSA) is 139 Å². The van der Waals surface area contributed by atoms with E-state index in [2.05, 4.69) is 10.6 Å². The molecule has 0 spiro atoms. The molecule has 0 aliphatic heterocycles. The summed E-state index contributed by atoms with van der Waals surface area (Å²) >= 11 is 0. The van der Waals surface area contributed by atoms with Crippen LogP contribution in [0.2, 0.25) is 0 Å². The van der Waals surface area contributed by atoms with E-state index in [9.17, 15) is 36.0 Å². The third-order valence-corrected chi connectivity index (χ3v) is 9.69. The summed E-state index contributed by atoms with van der Waals surface area (Å²) in [7, 11) is -4.37. The Labute approximate surface area is 249 Å². The number of fused-ring (bicyclic) bond motifs is 2. The fourth-order valence-corrected chi connectivity index (χ4v) is 6.93. The number of hydrogen-bond acceptors (Lipinski definition) is 6. The van der Waals surface area contributed by atoms with Crippen LogP contribution in [0.4, 0.5) is 23.2 Å². The van der Waals surface area contributed by atoms with Gasteiger partial charge in [0.05, 0.1) is 29.1 Å². The average Bonchev–Trinajstić information content (AvgIpc) is 3.58. The number of sulfone groups is 1. The van der Waals surface area contributed by atoms with Crippen molar-refractivity contribution >= 4 is 33.3 Å². The third kappa shape index (κ3) is 5.73. The Hall–Kier alpha value is -4.46. The summed E-state index contributed by atoms with van der Waals surface area (Å²) in [6.45, 7) is 0. The number of nitrogens with one attached hydrogen (secondary N) is 2. The van der Waals surface area contributed by atoms with Crippen molar-refractivity contribution in [1.82, 2.24) is 5.32 Å². The molecule has 0 unspecified atom stereocenters. The Morgan fingerprint density at radius 3 is 2.30 bits per heavy atom. The van der Waals surface area contributed by atoms with Gasteiger partial charge in [-0.15, -0.1) is 0 Å². The van der Waals surface area contributed by atoms with Gasteiger partial charge in [0.1, 0.15) is 11.6 Å². The van der Waals surface area contributed by atoms with Gasteiger partial charge in [0.2, 0.25) is 5.91 Å². The van der Waals surface area contributed by atoms with Gasteiger partial charge in [-0.2, -0.15) is 13.2 Å². The van der Waals surface area contributed by atoms with Gasteiger partial charge in [-0.25, -0.2) is 17.6 Å². The molecule has 2 amide bonds. The number of halogens is 4. The Kier molecular flexibility index (Phi) is 8.14. The monoisotopic (exact) mass is 634 g/mol. The van der Waals surface area contributed by atoms with Crippen molar-refractivity contribution in [2.75, 3.05) is 12.4 Å². The number of benzene rings is 3. The highest BCUT2D eigenvalue weighted by molar-refractivity contribution is 7.92. The zero-order chi connectivity index (χ0) is 32.0. The first-order valence-electron chi connectivity index (χ1n) is 13.5. The van der Waals surface area contributed by atoms with E-state index in [0.29, 0.717) is 18.4 Å². The Bertz CT molecular complexity index is 1740. The Morgan fingerprint density at radius 2 is 1.66 bits per heavy atom. The number of methoxy groups -OCH3 is 1. The number of carboxylic acids is 1. The van der Waals surface area contributed by atoms with Gasteiger partial charge < -0.3 is 20.5 Å². The first-order chi connectivity index (χ1) is 20.7. The lowest BCUT2D eigenvalue weighted by molar-refractivity contribution is -0.122. The summed E-state index contributed by atoms with van der Waals surface area (Å²) in [6, 6.07) is 10.9. The maximum Gasteiger partial charge on any atom is 0.501 e. The first kappa shape index (κ1) is 31.0. The van der Waals surface area contributed by atoms with Gasteiger partial charge in [0, 0.05) is 23.4 Å². The maximum atomic E-state index is 15.0. The molecule has 9 nitrogen and oxygen atoms in total. The summed E-state index contributed by atoms with van der Waals surface area (Å²) in [5.41, 5.74) is -5.36. The van der Waals surface area contributed by atoms with Crippen LogP contribution in [0.3, 0.4) is 0 Å². The molecule has 14 heteroatoms. The summed E-state index contributed by atoms with van der Waals surface area (Å²) in [5.74, 6) is -4.17. The number of alkyl halides is 3. The second-order valence-corrected chi connectivity index (χ2v) is 12.7. The molecule has 3 N–H and O–H groups in total. The zero-order valence-corrected chi connectivity index (χ0v) is 23.8. The molecule has 2 saturated carbocycles. The minimum Gasteiger partial charge on any atom is -0.496 e. The summed E-state index contributed by atoms with van der Waals surface area (Å²) in [4.78, 5) is 37.2. The van der Waals surface area contributed by atoms with Gasteiger partial charge in [0.15, 0.2) is 0 Å². The summed E-state index contributed by atoms with van der Waals surface area (Å²) in [5, 5.41) is 14.5. The quantitative estimate of drug-likeness (QED) is 0.287. The van der Waals surface area contributed by atoms with Gasteiger partial charge in [-0.05, 0) is 73.1 Å². The lowest BCUT2D eigenvalue weighted by Gasteiger charge is -2.31. The van der Waals surface area contributed by atoms with Crippen LogP contribution in [0.1, 0.15) is 40.0 Å². The lowest BCUT2D eigenvalue weighted by atomic mass is 9.83. The van der Waals surface area contributed by atoms with E-state index >= 15 is 4.39 Å². The van der Waals surface area contributed by atoms with Crippen LogP contribution >= 0.6 is 0 Å². The van der Waals surface area contributed by atoms with Crippen LogP contribution in [0.25, 0.3) is 11.1 Å². The fourth-order valence-electron chi connectivity index (χ4n) is 6.12. The van der Waals surface area contributed by atoms with E-state index in [-0.39, 0.29) is 40.0 Å². The van der Waals surface area contributed by atoms with Crippen LogP contribution in [0.15, 0.2) is 65.6 Å². The van der Waals surface area contributed by atoms with Crippen LogP contribution in [-0.4, -0.2) is 50.0 Å². The third-order valence-electron chi connectivity index (χ3n) is 8.21. The summed E-state index contributed by atoms with van der Waals surface area (Å²) < 4.78 is 83.1. The van der Waals surface area contributed by atoms with Gasteiger partial charge in [-0.1, -0.05) is 18.2 Å². The second kappa shape index (κ2) is 11.6. The highest BCUT2D eigenvalue weighted by Crippen LogP contribution is 2.49. The van der Waals surface area contributed by atoms with Crippen LogP contribution in [-0.2, 0) is 14.6 Å². The molecule has 3 aromatic carbocycles. The first-order valence-corrected chi connectivity index (χ1v) is 14.9. The SMILES string of the molecule is COc1cc(F)c(-c2ccc(C(=O)O)cc2)cc1C(=O)N[C@H]1[C@H]2CC[C@H](C2)[C@H]1C(=O)Nc1cccc(S(=O)(=O)C(F)(F)F)c1. The minimum atomic E-state index is -5.63. The van der Waals surface area contributed by atoms with Crippen LogP contribution < -0.4 is 15.4 Å². The average molecular weight is 635 g/mol. The molecule has 0 saturated heterocycles. The molecule has 3 aromatic rings. The van der Waals surface area contributed by atoms with Gasteiger partial charge in [0.25, 0.3) is 15.7 Å². The number of ether oxygens (including phenoxy) is 1. The molecule has 0 radical (unpaired) electrons. The predicted octanol–water partition coefficient (Wildman–Crippen LogP) is 5.28. The van der Waals surface area contributed by atoms with Crippen molar-refractivity contribution in [3.05, 3.63) is 77.6 Å². The van der Waals surface area contributed by atoms with E-state index in [0.717, 1.165) is 30.7 Å². The smallest absolute Gasteiger partial charge is 0.496 e. The number of anilines is 1. The second-order valence-electron chi connectivity index (χ2n) is 10.7. The number of rotatable bonds is 8. The lowest BCUT2D eigenvalue weighted by Crippen LogP contribution is -2.48. The number of carbonyl (C=O) groups is 3. The Balaban J connectivity index is 1.39. The number of hydrogen-bond donors (Lipinski definition) is 3. The van der Waals surface area contributed by atoms with Crippen molar-refractivity contribution in [2.45, 2.75) is 35.7 Å². The predicted molar refractivity (Wildman–Crippen MR) is 149 cm³/mol. The minimum absolute atomic E-state index is 0.00468. The largest absolute Gasteiger partial charge is 0.501 e.